The van der Waals surface area contributed by atoms with E-state index in [9.17, 15) is 9.59 Å². The zero-order valence-electron chi connectivity index (χ0n) is 12.2. The molecular weight excluding hydrogens is 276 g/mol. The molecular formula is C18H18N2O2. The summed E-state index contributed by atoms with van der Waals surface area (Å²) in [5, 5.41) is 5.54. The quantitative estimate of drug-likeness (QED) is 0.908. The van der Waals surface area contributed by atoms with Crippen molar-refractivity contribution in [3.8, 4) is 11.1 Å². The first-order valence-electron chi connectivity index (χ1n) is 7.44. The zero-order chi connectivity index (χ0) is 15.4. The number of benzene rings is 2. The smallest absolute Gasteiger partial charge is 0.242 e. The summed E-state index contributed by atoms with van der Waals surface area (Å²) >= 11 is 0. The second-order valence-electron chi connectivity index (χ2n) is 5.44. The first-order chi connectivity index (χ1) is 10.7. The molecule has 0 saturated carbocycles. The van der Waals surface area contributed by atoms with Gasteiger partial charge in [0.05, 0.1) is 0 Å². The number of hydrogen-bond acceptors (Lipinski definition) is 2. The number of carbonyl (C=O) groups excluding carboxylic acids is 2. The van der Waals surface area contributed by atoms with E-state index >= 15 is 0 Å². The lowest BCUT2D eigenvalue weighted by molar-refractivity contribution is -0.125. The normalized spacial score (nSPS) is 17.1. The van der Waals surface area contributed by atoms with E-state index in [0.717, 1.165) is 11.1 Å². The summed E-state index contributed by atoms with van der Waals surface area (Å²) in [6.45, 7) is 0.472. The van der Waals surface area contributed by atoms with E-state index in [1.165, 1.54) is 5.56 Å². The van der Waals surface area contributed by atoms with Gasteiger partial charge in [-0.2, -0.15) is 0 Å². The van der Waals surface area contributed by atoms with Crippen molar-refractivity contribution in [2.45, 2.75) is 25.4 Å². The van der Waals surface area contributed by atoms with Crippen molar-refractivity contribution in [2.24, 2.45) is 0 Å². The first kappa shape index (κ1) is 14.3. The second kappa shape index (κ2) is 6.43. The summed E-state index contributed by atoms with van der Waals surface area (Å²) in [6.07, 6.45) is 1.02. The van der Waals surface area contributed by atoms with Gasteiger partial charge in [-0.1, -0.05) is 54.6 Å². The van der Waals surface area contributed by atoms with E-state index in [1.807, 2.05) is 42.5 Å². The van der Waals surface area contributed by atoms with Crippen molar-refractivity contribution in [1.29, 1.82) is 0 Å². The molecule has 1 saturated heterocycles. The average molecular weight is 294 g/mol. The molecule has 1 fully saturated rings. The molecule has 3 rings (SSSR count). The van der Waals surface area contributed by atoms with Crippen LogP contribution in [0.25, 0.3) is 11.1 Å². The summed E-state index contributed by atoms with van der Waals surface area (Å²) in [5.41, 5.74) is 3.36. The van der Waals surface area contributed by atoms with Crippen molar-refractivity contribution in [3.05, 3.63) is 60.2 Å². The molecule has 4 nitrogen and oxygen atoms in total. The van der Waals surface area contributed by atoms with Crippen molar-refractivity contribution in [2.75, 3.05) is 0 Å². The Kier molecular flexibility index (Phi) is 4.19. The Morgan fingerprint density at radius 1 is 1.05 bits per heavy atom. The van der Waals surface area contributed by atoms with Crippen LogP contribution in [0.3, 0.4) is 0 Å². The lowest BCUT2D eigenvalue weighted by Gasteiger charge is -2.11. The molecule has 0 aromatic heterocycles. The van der Waals surface area contributed by atoms with E-state index in [0.29, 0.717) is 19.4 Å². The molecule has 1 aliphatic heterocycles. The van der Waals surface area contributed by atoms with Crippen LogP contribution < -0.4 is 10.6 Å². The third-order valence-corrected chi connectivity index (χ3v) is 3.84. The van der Waals surface area contributed by atoms with Gasteiger partial charge in [-0.3, -0.25) is 9.59 Å². The maximum absolute atomic E-state index is 11.9. The standard InChI is InChI=1S/C18H18N2O2/c21-17-11-10-16(20-17)18(22)19-12-13-6-8-15(9-7-13)14-4-2-1-3-5-14/h1-9,16H,10-12H2,(H,19,22)(H,20,21). The summed E-state index contributed by atoms with van der Waals surface area (Å²) < 4.78 is 0. The van der Waals surface area contributed by atoms with E-state index in [2.05, 4.69) is 22.8 Å². The lowest BCUT2D eigenvalue weighted by atomic mass is 10.0. The molecule has 22 heavy (non-hydrogen) atoms. The van der Waals surface area contributed by atoms with E-state index in [4.69, 9.17) is 0 Å². The Balaban J connectivity index is 1.57. The van der Waals surface area contributed by atoms with Gasteiger partial charge in [-0.15, -0.1) is 0 Å². The highest BCUT2D eigenvalue weighted by Gasteiger charge is 2.26. The van der Waals surface area contributed by atoms with Crippen LogP contribution >= 0.6 is 0 Å². The van der Waals surface area contributed by atoms with Gasteiger partial charge in [0.2, 0.25) is 11.8 Å². The average Bonchev–Trinajstić information content (AvgIpc) is 3.00. The molecule has 0 radical (unpaired) electrons. The van der Waals surface area contributed by atoms with Crippen LogP contribution in [0.4, 0.5) is 0 Å². The highest BCUT2D eigenvalue weighted by atomic mass is 16.2. The Bertz CT molecular complexity index is 665. The van der Waals surface area contributed by atoms with Crippen LogP contribution in [0.2, 0.25) is 0 Å². The third kappa shape index (κ3) is 3.34. The van der Waals surface area contributed by atoms with Crippen molar-refractivity contribution in [1.82, 2.24) is 10.6 Å². The van der Waals surface area contributed by atoms with Gasteiger partial charge in [0.15, 0.2) is 0 Å². The zero-order valence-corrected chi connectivity index (χ0v) is 12.2. The van der Waals surface area contributed by atoms with Crippen LogP contribution in [0.1, 0.15) is 18.4 Å². The van der Waals surface area contributed by atoms with E-state index < -0.39 is 0 Å². The fourth-order valence-electron chi connectivity index (χ4n) is 2.57. The van der Waals surface area contributed by atoms with Crippen molar-refractivity contribution in [3.63, 3.8) is 0 Å². The minimum atomic E-state index is -0.379. The summed E-state index contributed by atoms with van der Waals surface area (Å²) in [4.78, 5) is 23.0. The predicted octanol–water partition coefficient (Wildman–Crippen LogP) is 2.25. The fourth-order valence-corrected chi connectivity index (χ4v) is 2.57. The maximum Gasteiger partial charge on any atom is 0.242 e. The molecule has 0 spiro atoms. The van der Waals surface area contributed by atoms with Gasteiger partial charge in [-0.05, 0) is 23.1 Å². The SMILES string of the molecule is O=C1CCC(C(=O)NCc2ccc(-c3ccccc3)cc2)N1. The third-order valence-electron chi connectivity index (χ3n) is 3.84. The van der Waals surface area contributed by atoms with Crippen molar-refractivity contribution < 1.29 is 9.59 Å². The minimum Gasteiger partial charge on any atom is -0.350 e. The Labute approximate surface area is 129 Å². The molecule has 1 aliphatic rings. The second-order valence-corrected chi connectivity index (χ2v) is 5.44. The molecule has 2 amide bonds. The van der Waals surface area contributed by atoms with Crippen LogP contribution in [0, 0.1) is 0 Å². The highest BCUT2D eigenvalue weighted by molar-refractivity contribution is 5.90. The molecule has 0 bridgehead atoms. The Hall–Kier alpha value is -2.62. The molecule has 1 unspecified atom stereocenters. The number of carbonyl (C=O) groups is 2. The number of amides is 2. The molecule has 2 N–H and O–H groups in total. The van der Waals surface area contributed by atoms with Crippen LogP contribution in [0.5, 0.6) is 0 Å². The summed E-state index contributed by atoms with van der Waals surface area (Å²) in [5.74, 6) is -0.162. The largest absolute Gasteiger partial charge is 0.350 e. The molecule has 2 aromatic carbocycles. The number of nitrogens with one attached hydrogen (secondary N) is 2. The Morgan fingerprint density at radius 3 is 2.36 bits per heavy atom. The molecule has 1 atom stereocenters. The van der Waals surface area contributed by atoms with Gasteiger partial charge in [-0.25, -0.2) is 0 Å². The lowest BCUT2D eigenvalue weighted by Crippen LogP contribution is -2.41. The van der Waals surface area contributed by atoms with Crippen LogP contribution in [-0.2, 0) is 16.1 Å². The van der Waals surface area contributed by atoms with Gasteiger partial charge >= 0.3 is 0 Å². The molecule has 1 heterocycles. The molecule has 0 aliphatic carbocycles. The molecule has 112 valence electrons. The fraction of sp³-hybridized carbons (Fsp3) is 0.222. The number of rotatable bonds is 4. The van der Waals surface area contributed by atoms with Gasteiger partial charge in [0.25, 0.3) is 0 Å². The van der Waals surface area contributed by atoms with Gasteiger partial charge in [0.1, 0.15) is 6.04 Å². The predicted molar refractivity (Wildman–Crippen MR) is 84.9 cm³/mol. The van der Waals surface area contributed by atoms with Crippen LogP contribution in [-0.4, -0.2) is 17.9 Å². The summed E-state index contributed by atoms with van der Waals surface area (Å²) in [7, 11) is 0. The topological polar surface area (TPSA) is 58.2 Å². The molecule has 4 heteroatoms. The minimum absolute atomic E-state index is 0.0487. The van der Waals surface area contributed by atoms with Crippen LogP contribution in [0.15, 0.2) is 54.6 Å². The summed E-state index contributed by atoms with van der Waals surface area (Å²) in [6, 6.07) is 17.9. The van der Waals surface area contributed by atoms with E-state index in [1.54, 1.807) is 0 Å². The first-order valence-corrected chi connectivity index (χ1v) is 7.44. The molecule has 2 aromatic rings. The Morgan fingerprint density at radius 2 is 1.73 bits per heavy atom. The van der Waals surface area contributed by atoms with E-state index in [-0.39, 0.29) is 17.9 Å². The monoisotopic (exact) mass is 294 g/mol. The van der Waals surface area contributed by atoms with Gasteiger partial charge in [0, 0.05) is 13.0 Å². The number of hydrogen-bond donors (Lipinski definition) is 2. The van der Waals surface area contributed by atoms with Crippen molar-refractivity contribution >= 4 is 11.8 Å². The highest BCUT2D eigenvalue weighted by Crippen LogP contribution is 2.19. The van der Waals surface area contributed by atoms with Gasteiger partial charge < -0.3 is 10.6 Å². The maximum atomic E-state index is 11.9.